The van der Waals surface area contributed by atoms with Crippen LogP contribution in [0.1, 0.15) is 252 Å². The minimum absolute atomic E-state index is 0.0917. The Morgan fingerprint density at radius 3 is 1.02 bits per heavy atom. The average Bonchev–Trinajstić information content (AvgIpc) is 3.28. The number of esters is 3. The fourth-order valence-electron chi connectivity index (χ4n) is 7.19. The van der Waals surface area contributed by atoms with Crippen LogP contribution in [0, 0.1) is 0 Å². The quantitative estimate of drug-likeness (QED) is 0.0262. The van der Waals surface area contributed by atoms with Crippen molar-refractivity contribution in [3.63, 3.8) is 0 Å². The fourth-order valence-corrected chi connectivity index (χ4v) is 7.19. The maximum atomic E-state index is 12.8. The first-order valence-corrected chi connectivity index (χ1v) is 26.4. The summed E-state index contributed by atoms with van der Waals surface area (Å²) in [6.07, 6.45) is 64.5. The molecule has 362 valence electrons. The van der Waals surface area contributed by atoms with Gasteiger partial charge in [0.05, 0.1) is 0 Å². The van der Waals surface area contributed by atoms with Crippen molar-refractivity contribution < 1.29 is 28.6 Å². The summed E-state index contributed by atoms with van der Waals surface area (Å²) < 4.78 is 16.8. The molecule has 0 amide bonds. The van der Waals surface area contributed by atoms with Gasteiger partial charge < -0.3 is 14.2 Å². The Labute approximate surface area is 389 Å². The van der Waals surface area contributed by atoms with Crippen LogP contribution in [-0.2, 0) is 28.6 Å². The van der Waals surface area contributed by atoms with Gasteiger partial charge in [0.25, 0.3) is 0 Å². The molecule has 0 aromatic carbocycles. The topological polar surface area (TPSA) is 78.9 Å². The monoisotopic (exact) mass is 879 g/mol. The Kier molecular flexibility index (Phi) is 48.9. The average molecular weight is 879 g/mol. The van der Waals surface area contributed by atoms with E-state index in [-0.39, 0.29) is 31.1 Å². The van der Waals surface area contributed by atoms with Gasteiger partial charge in [0, 0.05) is 19.3 Å². The maximum absolute atomic E-state index is 12.8. The number of unbranched alkanes of at least 4 members (excludes halogenated alkanes) is 24. The SMILES string of the molecule is CCC=CCC=CCC=CCCCCCCCC(=O)OCC(COC(=O)CCCCCCCC=CCC=CCCCCC)OC(=O)CCCCCCCC=CCCCCCCCC. The van der Waals surface area contributed by atoms with E-state index in [0.29, 0.717) is 19.3 Å². The second kappa shape index (κ2) is 51.5. The molecule has 0 fully saturated rings. The van der Waals surface area contributed by atoms with E-state index in [4.69, 9.17) is 14.2 Å². The highest BCUT2D eigenvalue weighted by Gasteiger charge is 2.19. The summed E-state index contributed by atoms with van der Waals surface area (Å²) in [6, 6.07) is 0. The van der Waals surface area contributed by atoms with Crippen LogP contribution in [0.4, 0.5) is 0 Å². The van der Waals surface area contributed by atoms with E-state index in [2.05, 4.69) is 93.7 Å². The largest absolute Gasteiger partial charge is 0.462 e. The Balaban J connectivity index is 4.45. The molecule has 0 aliphatic rings. The van der Waals surface area contributed by atoms with Crippen molar-refractivity contribution in [3.05, 3.63) is 72.9 Å². The van der Waals surface area contributed by atoms with Crippen LogP contribution in [0.2, 0.25) is 0 Å². The molecule has 0 saturated heterocycles. The van der Waals surface area contributed by atoms with Crippen LogP contribution in [0.5, 0.6) is 0 Å². The smallest absolute Gasteiger partial charge is 0.306 e. The Hall–Kier alpha value is -3.15. The Morgan fingerprint density at radius 2 is 0.619 bits per heavy atom. The van der Waals surface area contributed by atoms with Gasteiger partial charge in [-0.1, -0.05) is 196 Å². The summed E-state index contributed by atoms with van der Waals surface area (Å²) in [5, 5.41) is 0. The summed E-state index contributed by atoms with van der Waals surface area (Å²) in [5.41, 5.74) is 0. The molecule has 0 N–H and O–H groups in total. The van der Waals surface area contributed by atoms with E-state index in [1.807, 2.05) is 0 Å². The molecule has 1 atom stereocenters. The van der Waals surface area contributed by atoms with Crippen LogP contribution in [0.15, 0.2) is 72.9 Å². The minimum atomic E-state index is -0.792. The number of hydrogen-bond acceptors (Lipinski definition) is 6. The normalized spacial score (nSPS) is 12.6. The zero-order valence-electron chi connectivity index (χ0n) is 41.3. The highest BCUT2D eigenvalue weighted by atomic mass is 16.6. The second-order valence-corrected chi connectivity index (χ2v) is 17.4. The lowest BCUT2D eigenvalue weighted by Gasteiger charge is -2.18. The van der Waals surface area contributed by atoms with Crippen molar-refractivity contribution in [1.29, 1.82) is 0 Å². The molecular formula is C57H98O6. The van der Waals surface area contributed by atoms with Crippen LogP contribution in [0.25, 0.3) is 0 Å². The third kappa shape index (κ3) is 49.7. The van der Waals surface area contributed by atoms with E-state index < -0.39 is 6.10 Å². The van der Waals surface area contributed by atoms with Crippen molar-refractivity contribution >= 4 is 17.9 Å². The van der Waals surface area contributed by atoms with Crippen molar-refractivity contribution in [3.8, 4) is 0 Å². The van der Waals surface area contributed by atoms with Crippen molar-refractivity contribution in [2.45, 2.75) is 258 Å². The van der Waals surface area contributed by atoms with Gasteiger partial charge in [0.15, 0.2) is 6.10 Å². The molecule has 0 aromatic heterocycles. The number of carbonyl (C=O) groups is 3. The zero-order valence-corrected chi connectivity index (χ0v) is 41.3. The number of carbonyl (C=O) groups excluding carboxylic acids is 3. The minimum Gasteiger partial charge on any atom is -0.462 e. The van der Waals surface area contributed by atoms with Gasteiger partial charge in [-0.15, -0.1) is 0 Å². The fraction of sp³-hybridized carbons (Fsp3) is 0.737. The predicted octanol–water partition coefficient (Wildman–Crippen LogP) is 17.4. The summed E-state index contributed by atoms with van der Waals surface area (Å²) in [6.45, 7) is 6.46. The number of hydrogen-bond donors (Lipinski definition) is 0. The highest BCUT2D eigenvalue weighted by molar-refractivity contribution is 5.71. The van der Waals surface area contributed by atoms with Crippen molar-refractivity contribution in [1.82, 2.24) is 0 Å². The molecule has 0 rings (SSSR count). The molecule has 6 heteroatoms. The van der Waals surface area contributed by atoms with Crippen LogP contribution in [-0.4, -0.2) is 37.2 Å². The Bertz CT molecular complexity index is 1190. The lowest BCUT2D eigenvalue weighted by molar-refractivity contribution is -0.167. The van der Waals surface area contributed by atoms with Gasteiger partial charge in [-0.2, -0.15) is 0 Å². The maximum Gasteiger partial charge on any atom is 0.306 e. The molecule has 0 bridgehead atoms. The van der Waals surface area contributed by atoms with Crippen LogP contribution < -0.4 is 0 Å². The molecular weight excluding hydrogens is 781 g/mol. The Morgan fingerprint density at radius 1 is 0.333 bits per heavy atom. The summed E-state index contributed by atoms with van der Waals surface area (Å²) in [4.78, 5) is 38.0. The van der Waals surface area contributed by atoms with Gasteiger partial charge in [-0.3, -0.25) is 14.4 Å². The lowest BCUT2D eigenvalue weighted by Crippen LogP contribution is -2.30. The predicted molar refractivity (Wildman–Crippen MR) is 270 cm³/mol. The van der Waals surface area contributed by atoms with Gasteiger partial charge in [0.1, 0.15) is 13.2 Å². The molecule has 63 heavy (non-hydrogen) atoms. The highest BCUT2D eigenvalue weighted by Crippen LogP contribution is 2.14. The lowest BCUT2D eigenvalue weighted by atomic mass is 10.1. The molecule has 0 radical (unpaired) electrons. The zero-order chi connectivity index (χ0) is 45.8. The van der Waals surface area contributed by atoms with Crippen molar-refractivity contribution in [2.24, 2.45) is 0 Å². The summed E-state index contributed by atoms with van der Waals surface area (Å²) in [5.74, 6) is -0.927. The van der Waals surface area contributed by atoms with Crippen LogP contribution >= 0.6 is 0 Å². The molecule has 6 nitrogen and oxygen atoms in total. The first-order valence-electron chi connectivity index (χ1n) is 26.4. The molecule has 0 spiro atoms. The van der Waals surface area contributed by atoms with Gasteiger partial charge >= 0.3 is 17.9 Å². The van der Waals surface area contributed by atoms with Gasteiger partial charge in [-0.05, 0) is 109 Å². The van der Waals surface area contributed by atoms with E-state index in [0.717, 1.165) is 135 Å². The second-order valence-electron chi connectivity index (χ2n) is 17.4. The van der Waals surface area contributed by atoms with Gasteiger partial charge in [-0.25, -0.2) is 0 Å². The number of allylic oxidation sites excluding steroid dienone is 12. The molecule has 0 aliphatic carbocycles. The standard InChI is InChI=1S/C57H98O6/c1-4-7-10-13-16-19-22-25-28-31-34-37-40-43-46-49-55(58)61-52-54(63-57(60)51-48-45-42-39-36-33-30-27-24-21-18-15-12-9-6-3)53-62-56(59)50-47-44-41-38-35-32-29-26-23-20-17-14-11-8-5-2/h7,10,16-17,19-20,25-30,54H,4-6,8-9,11-15,18,21-24,31-53H2,1-3H3. The number of rotatable bonds is 47. The molecule has 1 unspecified atom stereocenters. The summed E-state index contributed by atoms with van der Waals surface area (Å²) in [7, 11) is 0. The first-order chi connectivity index (χ1) is 31.0. The molecule has 0 aromatic rings. The van der Waals surface area contributed by atoms with E-state index in [9.17, 15) is 14.4 Å². The molecule has 0 saturated carbocycles. The third-order valence-electron chi connectivity index (χ3n) is 11.2. The molecule has 0 aliphatic heterocycles. The van der Waals surface area contributed by atoms with E-state index >= 15 is 0 Å². The summed E-state index contributed by atoms with van der Waals surface area (Å²) >= 11 is 0. The van der Waals surface area contributed by atoms with Gasteiger partial charge in [0.2, 0.25) is 0 Å². The van der Waals surface area contributed by atoms with E-state index in [1.54, 1.807) is 0 Å². The first kappa shape index (κ1) is 59.9. The van der Waals surface area contributed by atoms with Crippen LogP contribution in [0.3, 0.4) is 0 Å². The van der Waals surface area contributed by atoms with E-state index in [1.165, 1.54) is 77.0 Å². The molecule has 0 heterocycles. The third-order valence-corrected chi connectivity index (χ3v) is 11.2. The number of ether oxygens (including phenoxy) is 3. The van der Waals surface area contributed by atoms with Crippen molar-refractivity contribution in [2.75, 3.05) is 13.2 Å².